The monoisotopic (exact) mass is 272 g/mol. The number of nitrogens with one attached hydrogen (secondary N) is 1. The molecule has 1 aliphatic rings. The number of rotatable bonds is 6. The first-order valence-electron chi connectivity index (χ1n) is 6.62. The molecule has 0 bridgehead atoms. The summed E-state index contributed by atoms with van der Waals surface area (Å²) in [6, 6.07) is -0.501. The number of amides is 1. The van der Waals surface area contributed by atoms with E-state index >= 15 is 0 Å². The minimum Gasteiger partial charge on any atom is -0.481 e. The first-order valence-corrected chi connectivity index (χ1v) is 6.62. The van der Waals surface area contributed by atoms with Crippen LogP contribution in [0.5, 0.6) is 0 Å². The predicted molar refractivity (Wildman–Crippen MR) is 70.5 cm³/mol. The van der Waals surface area contributed by atoms with Crippen molar-refractivity contribution in [2.24, 2.45) is 23.0 Å². The molecule has 0 aromatic carbocycles. The van der Waals surface area contributed by atoms with Gasteiger partial charge in [0.25, 0.3) is 0 Å². The van der Waals surface area contributed by atoms with Gasteiger partial charge in [-0.1, -0.05) is 13.8 Å². The number of carboxylic acid groups (broad SMARTS) is 1. The van der Waals surface area contributed by atoms with Crippen LogP contribution in [0.3, 0.4) is 0 Å². The molecule has 0 spiro atoms. The van der Waals surface area contributed by atoms with Gasteiger partial charge >= 0.3 is 5.97 Å². The highest BCUT2D eigenvalue weighted by Crippen LogP contribution is 2.29. The Morgan fingerprint density at radius 3 is 2.63 bits per heavy atom. The number of carboxylic acids is 1. The van der Waals surface area contributed by atoms with E-state index < -0.39 is 17.4 Å². The first-order chi connectivity index (χ1) is 8.81. The van der Waals surface area contributed by atoms with Crippen LogP contribution in [-0.2, 0) is 14.3 Å². The number of aliphatic carboxylic acids is 1. The average Bonchev–Trinajstić information content (AvgIpc) is 2.69. The second-order valence-electron chi connectivity index (χ2n) is 5.86. The van der Waals surface area contributed by atoms with Crippen LogP contribution in [0.1, 0.15) is 27.2 Å². The van der Waals surface area contributed by atoms with Gasteiger partial charge < -0.3 is 20.9 Å². The fraction of sp³-hybridized carbons (Fsp3) is 0.846. The molecule has 0 aromatic heterocycles. The molecule has 1 saturated heterocycles. The Bertz CT molecular complexity index is 346. The van der Waals surface area contributed by atoms with Crippen LogP contribution in [0, 0.1) is 17.3 Å². The molecule has 4 N–H and O–H groups in total. The predicted octanol–water partition coefficient (Wildman–Crippen LogP) is 0.213. The third-order valence-electron chi connectivity index (χ3n) is 3.67. The molecule has 0 radical (unpaired) electrons. The minimum atomic E-state index is -1.06. The minimum absolute atomic E-state index is 0.116. The maximum absolute atomic E-state index is 12.1. The average molecular weight is 272 g/mol. The van der Waals surface area contributed by atoms with Crippen molar-refractivity contribution in [2.45, 2.75) is 33.2 Å². The Kier molecular flexibility index (Phi) is 5.31. The van der Waals surface area contributed by atoms with E-state index in [4.69, 9.17) is 10.5 Å². The molecule has 1 heterocycles. The maximum atomic E-state index is 12.1. The fourth-order valence-corrected chi connectivity index (χ4v) is 2.25. The highest BCUT2D eigenvalue weighted by molar-refractivity contribution is 5.82. The largest absolute Gasteiger partial charge is 0.481 e. The van der Waals surface area contributed by atoms with Crippen LogP contribution in [0.2, 0.25) is 0 Å². The summed E-state index contributed by atoms with van der Waals surface area (Å²) in [4.78, 5) is 23.4. The van der Waals surface area contributed by atoms with E-state index in [1.54, 1.807) is 6.92 Å². The highest BCUT2D eigenvalue weighted by atomic mass is 16.5. The lowest BCUT2D eigenvalue weighted by molar-refractivity contribution is -0.149. The van der Waals surface area contributed by atoms with E-state index in [0.717, 1.165) is 0 Å². The standard InChI is InChI=1S/C13H24N2O4/c1-8(2)4-9(5-14)11(16)15-10-6-19-7-13(10,3)12(17)18/h8-10H,4-7,14H2,1-3H3,(H,15,16)(H,17,18). The molecule has 1 fully saturated rings. The van der Waals surface area contributed by atoms with Gasteiger partial charge in [0.2, 0.25) is 5.91 Å². The maximum Gasteiger partial charge on any atom is 0.313 e. The van der Waals surface area contributed by atoms with E-state index in [1.807, 2.05) is 13.8 Å². The summed E-state index contributed by atoms with van der Waals surface area (Å²) < 4.78 is 5.20. The van der Waals surface area contributed by atoms with E-state index in [-0.39, 0.29) is 31.6 Å². The van der Waals surface area contributed by atoms with Crippen molar-refractivity contribution in [2.75, 3.05) is 19.8 Å². The molecule has 110 valence electrons. The van der Waals surface area contributed by atoms with Crippen molar-refractivity contribution in [3.05, 3.63) is 0 Å². The number of hydrogen-bond acceptors (Lipinski definition) is 4. The molecule has 1 rings (SSSR count). The molecular weight excluding hydrogens is 248 g/mol. The van der Waals surface area contributed by atoms with Gasteiger partial charge in [-0.25, -0.2) is 0 Å². The molecule has 0 saturated carbocycles. The van der Waals surface area contributed by atoms with Crippen LogP contribution in [0.25, 0.3) is 0 Å². The third-order valence-corrected chi connectivity index (χ3v) is 3.67. The van der Waals surface area contributed by atoms with Gasteiger partial charge in [-0.15, -0.1) is 0 Å². The second-order valence-corrected chi connectivity index (χ2v) is 5.86. The van der Waals surface area contributed by atoms with Crippen molar-refractivity contribution in [3.8, 4) is 0 Å². The molecule has 6 heteroatoms. The number of hydrogen-bond donors (Lipinski definition) is 3. The van der Waals surface area contributed by atoms with Crippen LogP contribution < -0.4 is 11.1 Å². The summed E-state index contributed by atoms with van der Waals surface area (Å²) in [5.74, 6) is -1.05. The molecule has 0 aromatic rings. The van der Waals surface area contributed by atoms with Gasteiger partial charge in [0, 0.05) is 6.54 Å². The Morgan fingerprint density at radius 1 is 1.53 bits per heavy atom. The molecule has 3 atom stereocenters. The molecule has 1 aliphatic heterocycles. The van der Waals surface area contributed by atoms with Crippen LogP contribution in [-0.4, -0.2) is 42.8 Å². The first kappa shape index (κ1) is 15.9. The van der Waals surface area contributed by atoms with E-state index in [2.05, 4.69) is 5.32 Å². The van der Waals surface area contributed by atoms with Gasteiger partial charge in [-0.3, -0.25) is 9.59 Å². The van der Waals surface area contributed by atoms with E-state index in [1.165, 1.54) is 0 Å². The lowest BCUT2D eigenvalue weighted by Crippen LogP contribution is -2.52. The van der Waals surface area contributed by atoms with Crippen molar-refractivity contribution >= 4 is 11.9 Å². The van der Waals surface area contributed by atoms with Crippen LogP contribution in [0.4, 0.5) is 0 Å². The Balaban J connectivity index is 2.67. The second kappa shape index (κ2) is 6.34. The topological polar surface area (TPSA) is 102 Å². The molecule has 19 heavy (non-hydrogen) atoms. The normalized spacial score (nSPS) is 28.4. The van der Waals surface area contributed by atoms with E-state index in [9.17, 15) is 14.7 Å². The van der Waals surface area contributed by atoms with Gasteiger partial charge in [0.05, 0.1) is 25.2 Å². The van der Waals surface area contributed by atoms with Crippen LogP contribution >= 0.6 is 0 Å². The lowest BCUT2D eigenvalue weighted by atomic mass is 9.85. The number of nitrogens with two attached hydrogens (primary N) is 1. The van der Waals surface area contributed by atoms with Gasteiger partial charge in [-0.2, -0.15) is 0 Å². The molecule has 0 aliphatic carbocycles. The molecule has 3 unspecified atom stereocenters. The molecule has 6 nitrogen and oxygen atoms in total. The zero-order valence-corrected chi connectivity index (χ0v) is 11.8. The highest BCUT2D eigenvalue weighted by Gasteiger charge is 2.47. The number of carbonyl (C=O) groups is 2. The quantitative estimate of drug-likeness (QED) is 0.641. The molecular formula is C13H24N2O4. The smallest absolute Gasteiger partial charge is 0.313 e. The van der Waals surface area contributed by atoms with Gasteiger partial charge in [0.1, 0.15) is 5.41 Å². The zero-order valence-electron chi connectivity index (χ0n) is 11.8. The summed E-state index contributed by atoms with van der Waals surface area (Å²) in [7, 11) is 0. The summed E-state index contributed by atoms with van der Waals surface area (Å²) in [6.07, 6.45) is 0.694. The van der Waals surface area contributed by atoms with Gasteiger partial charge in [-0.05, 0) is 19.3 Å². The Hall–Kier alpha value is -1.14. The third kappa shape index (κ3) is 3.67. The number of carbonyl (C=O) groups excluding carboxylic acids is 1. The van der Waals surface area contributed by atoms with Crippen molar-refractivity contribution in [1.29, 1.82) is 0 Å². The Morgan fingerprint density at radius 2 is 2.16 bits per heavy atom. The summed E-state index contributed by atoms with van der Waals surface area (Å²) in [6.45, 7) is 6.25. The fourth-order valence-electron chi connectivity index (χ4n) is 2.25. The Labute approximate surface area is 113 Å². The molecule has 1 amide bonds. The van der Waals surface area contributed by atoms with Crippen LogP contribution in [0.15, 0.2) is 0 Å². The zero-order chi connectivity index (χ0) is 14.6. The summed E-state index contributed by atoms with van der Waals surface area (Å²) in [5.41, 5.74) is 4.55. The summed E-state index contributed by atoms with van der Waals surface area (Å²) >= 11 is 0. The SMILES string of the molecule is CC(C)CC(CN)C(=O)NC1COCC1(C)C(=O)O. The summed E-state index contributed by atoms with van der Waals surface area (Å²) in [5, 5.41) is 12.0. The van der Waals surface area contributed by atoms with Crippen molar-refractivity contribution in [1.82, 2.24) is 5.32 Å². The van der Waals surface area contributed by atoms with E-state index in [0.29, 0.717) is 12.3 Å². The lowest BCUT2D eigenvalue weighted by Gasteiger charge is -2.27. The van der Waals surface area contributed by atoms with Crippen molar-refractivity contribution < 1.29 is 19.4 Å². The van der Waals surface area contributed by atoms with Gasteiger partial charge in [0.15, 0.2) is 0 Å². The number of ether oxygens (including phenoxy) is 1. The van der Waals surface area contributed by atoms with Crippen molar-refractivity contribution in [3.63, 3.8) is 0 Å².